The predicted octanol–water partition coefficient (Wildman–Crippen LogP) is 2.60. The van der Waals surface area contributed by atoms with Gasteiger partial charge in [-0.25, -0.2) is 12.8 Å². The number of rotatable bonds is 4. The van der Waals surface area contributed by atoms with Gasteiger partial charge in [-0.15, -0.1) is 0 Å². The number of hydrogen-bond donors (Lipinski definition) is 1. The van der Waals surface area contributed by atoms with Crippen molar-refractivity contribution in [2.24, 2.45) is 0 Å². The van der Waals surface area contributed by atoms with Crippen LogP contribution < -0.4 is 4.72 Å². The van der Waals surface area contributed by atoms with Gasteiger partial charge in [0.15, 0.2) is 0 Å². The first kappa shape index (κ1) is 15.7. The monoisotopic (exact) mass is 333 g/mol. The third kappa shape index (κ3) is 3.12. The predicted molar refractivity (Wildman–Crippen MR) is 85.7 cm³/mol. The van der Waals surface area contributed by atoms with Gasteiger partial charge in [0.25, 0.3) is 0 Å². The maximum Gasteiger partial charge on any atom is 0.244 e. The number of hydrogen-bond acceptors (Lipinski definition) is 3. The van der Waals surface area contributed by atoms with Gasteiger partial charge >= 0.3 is 0 Å². The Morgan fingerprint density at radius 3 is 2.30 bits per heavy atom. The van der Waals surface area contributed by atoms with Crippen LogP contribution in [0.4, 0.5) is 4.39 Å². The molecule has 1 saturated carbocycles. The zero-order valence-corrected chi connectivity index (χ0v) is 13.4. The second-order valence-corrected chi connectivity index (χ2v) is 7.59. The van der Waals surface area contributed by atoms with E-state index in [-0.39, 0.29) is 0 Å². The topological polar surface area (TPSA) is 63.2 Å². The Morgan fingerprint density at radius 1 is 1.13 bits per heavy atom. The second-order valence-electron chi connectivity index (χ2n) is 5.85. The molecule has 4 nitrogen and oxygen atoms in total. The van der Waals surface area contributed by atoms with Crippen LogP contribution in [-0.2, 0) is 20.2 Å². The van der Waals surface area contributed by atoms with Crippen LogP contribution in [0.15, 0.2) is 48.5 Å². The fraction of sp³-hybridized carbons (Fsp3) is 0.235. The molecule has 1 amide bonds. The van der Waals surface area contributed by atoms with Crippen LogP contribution in [0.2, 0.25) is 0 Å². The van der Waals surface area contributed by atoms with Crippen LogP contribution in [0.5, 0.6) is 0 Å². The Kier molecular flexibility index (Phi) is 3.72. The Labute approximate surface area is 134 Å². The van der Waals surface area contributed by atoms with Crippen molar-refractivity contribution in [3.8, 4) is 11.1 Å². The molecule has 2 aromatic carbocycles. The smallest absolute Gasteiger partial charge is 0.244 e. The number of nitrogens with one attached hydrogen (secondary N) is 1. The summed E-state index contributed by atoms with van der Waals surface area (Å²) in [4.78, 5) is 12.2. The summed E-state index contributed by atoms with van der Waals surface area (Å²) >= 11 is 0. The van der Waals surface area contributed by atoms with E-state index in [0.717, 1.165) is 11.8 Å². The first-order valence-corrected chi connectivity index (χ1v) is 9.09. The van der Waals surface area contributed by atoms with Crippen molar-refractivity contribution in [3.05, 3.63) is 59.9 Å². The molecule has 1 fully saturated rings. The first-order chi connectivity index (χ1) is 10.8. The SMILES string of the molecule is CS(=O)(=O)NC(=O)C1(c2ccc(-c3ccccc3)c(F)c2)CC1. The van der Waals surface area contributed by atoms with E-state index in [4.69, 9.17) is 0 Å². The summed E-state index contributed by atoms with van der Waals surface area (Å²) < 4.78 is 38.9. The lowest BCUT2D eigenvalue weighted by Crippen LogP contribution is -2.38. The fourth-order valence-corrected chi connectivity index (χ4v) is 3.23. The van der Waals surface area contributed by atoms with Gasteiger partial charge in [0, 0.05) is 5.56 Å². The average molecular weight is 333 g/mol. The van der Waals surface area contributed by atoms with Crippen molar-refractivity contribution in [2.45, 2.75) is 18.3 Å². The molecule has 0 spiro atoms. The highest BCUT2D eigenvalue weighted by Gasteiger charge is 2.52. The minimum Gasteiger partial charge on any atom is -0.273 e. The van der Waals surface area contributed by atoms with Crippen LogP contribution in [0.3, 0.4) is 0 Å². The molecule has 1 aliphatic rings. The number of sulfonamides is 1. The summed E-state index contributed by atoms with van der Waals surface area (Å²) in [6, 6.07) is 13.8. The van der Waals surface area contributed by atoms with E-state index in [0.29, 0.717) is 24.0 Å². The third-order valence-electron chi connectivity index (χ3n) is 4.07. The highest BCUT2D eigenvalue weighted by atomic mass is 32.2. The minimum absolute atomic E-state index is 0.424. The van der Waals surface area contributed by atoms with Crippen molar-refractivity contribution in [1.82, 2.24) is 4.72 Å². The molecule has 0 aromatic heterocycles. The molecule has 0 radical (unpaired) electrons. The summed E-state index contributed by atoms with van der Waals surface area (Å²) in [6.45, 7) is 0. The molecule has 0 atom stereocenters. The average Bonchev–Trinajstić information content (AvgIpc) is 3.28. The summed E-state index contributed by atoms with van der Waals surface area (Å²) in [6.07, 6.45) is 1.96. The number of carbonyl (C=O) groups is 1. The Balaban J connectivity index is 1.93. The Morgan fingerprint density at radius 2 is 1.78 bits per heavy atom. The standard InChI is InChI=1S/C17H16FNO3S/c1-23(21,22)19-16(20)17(9-10-17)13-7-8-14(15(18)11-13)12-5-3-2-4-6-12/h2-8,11H,9-10H2,1H3,(H,19,20). The molecular formula is C17H16FNO3S. The summed E-state index contributed by atoms with van der Waals surface area (Å²) in [5.41, 5.74) is 0.783. The zero-order valence-electron chi connectivity index (χ0n) is 12.5. The van der Waals surface area contributed by atoms with Gasteiger partial charge in [-0.2, -0.15) is 0 Å². The first-order valence-electron chi connectivity index (χ1n) is 7.19. The van der Waals surface area contributed by atoms with E-state index in [1.165, 1.54) is 6.07 Å². The van der Waals surface area contributed by atoms with Crippen LogP contribution >= 0.6 is 0 Å². The van der Waals surface area contributed by atoms with Gasteiger partial charge in [-0.1, -0.05) is 42.5 Å². The van der Waals surface area contributed by atoms with Gasteiger partial charge in [-0.05, 0) is 30.0 Å². The number of halogens is 1. The lowest BCUT2D eigenvalue weighted by atomic mass is 9.93. The zero-order chi connectivity index (χ0) is 16.7. The molecule has 0 saturated heterocycles. The maximum absolute atomic E-state index is 14.4. The number of benzene rings is 2. The molecule has 120 valence electrons. The van der Waals surface area contributed by atoms with E-state index in [2.05, 4.69) is 0 Å². The molecule has 0 heterocycles. The van der Waals surface area contributed by atoms with Crippen LogP contribution in [0.1, 0.15) is 18.4 Å². The van der Waals surface area contributed by atoms with Gasteiger partial charge < -0.3 is 0 Å². The van der Waals surface area contributed by atoms with Crippen LogP contribution in [-0.4, -0.2) is 20.6 Å². The van der Waals surface area contributed by atoms with Crippen molar-refractivity contribution in [3.63, 3.8) is 0 Å². The van der Waals surface area contributed by atoms with E-state index in [1.54, 1.807) is 24.3 Å². The van der Waals surface area contributed by atoms with Crippen LogP contribution in [0, 0.1) is 5.82 Å². The molecular weight excluding hydrogens is 317 g/mol. The largest absolute Gasteiger partial charge is 0.273 e. The lowest BCUT2D eigenvalue weighted by Gasteiger charge is -2.16. The highest BCUT2D eigenvalue weighted by Crippen LogP contribution is 2.49. The van der Waals surface area contributed by atoms with Crippen molar-refractivity contribution in [2.75, 3.05) is 6.26 Å². The molecule has 1 N–H and O–H groups in total. The number of carbonyl (C=O) groups excluding carboxylic acids is 1. The quantitative estimate of drug-likeness (QED) is 0.935. The van der Waals surface area contributed by atoms with E-state index >= 15 is 0 Å². The molecule has 0 bridgehead atoms. The van der Waals surface area contributed by atoms with Gasteiger partial charge in [0.1, 0.15) is 5.82 Å². The Bertz CT molecular complexity index is 859. The maximum atomic E-state index is 14.4. The molecule has 2 aromatic rings. The lowest BCUT2D eigenvalue weighted by molar-refractivity contribution is -0.121. The van der Waals surface area contributed by atoms with E-state index < -0.39 is 27.2 Å². The molecule has 0 aliphatic heterocycles. The van der Waals surface area contributed by atoms with Crippen LogP contribution in [0.25, 0.3) is 11.1 Å². The normalized spacial score (nSPS) is 15.9. The fourth-order valence-electron chi connectivity index (χ4n) is 2.70. The van der Waals surface area contributed by atoms with E-state index in [9.17, 15) is 17.6 Å². The van der Waals surface area contributed by atoms with Crippen molar-refractivity contribution < 1.29 is 17.6 Å². The van der Waals surface area contributed by atoms with Gasteiger partial charge in [0.2, 0.25) is 15.9 Å². The second kappa shape index (κ2) is 5.45. The summed E-state index contributed by atoms with van der Waals surface area (Å²) in [5.74, 6) is -1.01. The third-order valence-corrected chi connectivity index (χ3v) is 4.63. The highest BCUT2D eigenvalue weighted by molar-refractivity contribution is 7.89. The van der Waals surface area contributed by atoms with Crippen molar-refractivity contribution in [1.29, 1.82) is 0 Å². The van der Waals surface area contributed by atoms with E-state index in [1.807, 2.05) is 22.9 Å². The Hall–Kier alpha value is -2.21. The molecule has 1 aliphatic carbocycles. The van der Waals surface area contributed by atoms with Crippen molar-refractivity contribution >= 4 is 15.9 Å². The molecule has 0 unspecified atom stereocenters. The number of amides is 1. The summed E-state index contributed by atoms with van der Waals surface area (Å²) in [7, 11) is -3.63. The van der Waals surface area contributed by atoms with Gasteiger partial charge in [-0.3, -0.25) is 9.52 Å². The molecule has 23 heavy (non-hydrogen) atoms. The summed E-state index contributed by atoms with van der Waals surface area (Å²) in [5, 5.41) is 0. The van der Waals surface area contributed by atoms with Gasteiger partial charge in [0.05, 0.1) is 11.7 Å². The molecule has 3 rings (SSSR count). The molecule has 6 heteroatoms. The minimum atomic E-state index is -3.63.